The summed E-state index contributed by atoms with van der Waals surface area (Å²) in [5, 5.41) is 3.43. The Balaban J connectivity index is 2.01. The normalized spacial score (nSPS) is 18.5. The predicted molar refractivity (Wildman–Crippen MR) is 59.9 cm³/mol. The van der Waals surface area contributed by atoms with E-state index in [9.17, 15) is 4.39 Å². The number of halogens is 1. The van der Waals surface area contributed by atoms with Gasteiger partial charge in [0.05, 0.1) is 5.69 Å². The van der Waals surface area contributed by atoms with Gasteiger partial charge in [-0.2, -0.15) is 0 Å². The summed E-state index contributed by atoms with van der Waals surface area (Å²) in [6, 6.07) is 4.96. The summed E-state index contributed by atoms with van der Waals surface area (Å²) < 4.78 is 13.1. The van der Waals surface area contributed by atoms with E-state index in [4.69, 9.17) is 5.73 Å². The third-order valence-corrected chi connectivity index (χ3v) is 3.31. The van der Waals surface area contributed by atoms with Crippen molar-refractivity contribution in [2.45, 2.75) is 38.3 Å². The zero-order valence-electron chi connectivity index (χ0n) is 9.02. The molecule has 1 aliphatic carbocycles. The summed E-state index contributed by atoms with van der Waals surface area (Å²) in [5.74, 6) is -0.326. The van der Waals surface area contributed by atoms with E-state index < -0.39 is 0 Å². The fraction of sp³-hybridized carbons (Fsp3) is 0.500. The van der Waals surface area contributed by atoms with Crippen LogP contribution in [0.1, 0.15) is 31.7 Å². The van der Waals surface area contributed by atoms with Crippen LogP contribution in [0.4, 0.5) is 10.1 Å². The van der Waals surface area contributed by atoms with Gasteiger partial charge < -0.3 is 11.1 Å². The second kappa shape index (κ2) is 3.81. The third kappa shape index (κ3) is 2.12. The highest BCUT2D eigenvalue weighted by atomic mass is 19.1. The number of anilines is 1. The largest absolute Gasteiger partial charge is 0.396 e. The van der Waals surface area contributed by atoms with Crippen LogP contribution in [-0.2, 0) is 6.54 Å². The van der Waals surface area contributed by atoms with Gasteiger partial charge in [-0.1, -0.05) is 12.1 Å². The average Bonchev–Trinajstić information content (AvgIpc) is 2.17. The molecule has 82 valence electrons. The molecule has 1 aromatic rings. The van der Waals surface area contributed by atoms with Gasteiger partial charge in [-0.25, -0.2) is 4.39 Å². The zero-order valence-corrected chi connectivity index (χ0v) is 9.02. The van der Waals surface area contributed by atoms with Gasteiger partial charge in [-0.3, -0.25) is 0 Å². The fourth-order valence-corrected chi connectivity index (χ4v) is 1.93. The highest BCUT2D eigenvalue weighted by molar-refractivity contribution is 5.47. The van der Waals surface area contributed by atoms with Crippen molar-refractivity contribution in [3.63, 3.8) is 0 Å². The minimum absolute atomic E-state index is 0.235. The molecule has 15 heavy (non-hydrogen) atoms. The Bertz CT molecular complexity index is 359. The molecule has 3 heteroatoms. The lowest BCUT2D eigenvalue weighted by molar-refractivity contribution is 0.207. The zero-order chi connectivity index (χ0) is 10.9. The van der Waals surface area contributed by atoms with Crippen LogP contribution in [0.25, 0.3) is 0 Å². The quantitative estimate of drug-likeness (QED) is 0.749. The summed E-state index contributed by atoms with van der Waals surface area (Å²) in [4.78, 5) is 0. The molecule has 3 N–H and O–H groups in total. The lowest BCUT2D eigenvalue weighted by Gasteiger charge is -2.39. The van der Waals surface area contributed by atoms with Crippen LogP contribution in [0.5, 0.6) is 0 Å². The van der Waals surface area contributed by atoms with Crippen molar-refractivity contribution in [1.29, 1.82) is 0 Å². The third-order valence-electron chi connectivity index (χ3n) is 3.31. The maximum absolute atomic E-state index is 13.1. The maximum atomic E-state index is 13.1. The smallest absolute Gasteiger partial charge is 0.146 e. The highest BCUT2D eigenvalue weighted by Crippen LogP contribution is 2.31. The first-order valence-corrected chi connectivity index (χ1v) is 5.39. The molecule has 0 aliphatic heterocycles. The topological polar surface area (TPSA) is 38.0 Å². The van der Waals surface area contributed by atoms with Crippen molar-refractivity contribution in [3.8, 4) is 0 Å². The molecular weight excluding hydrogens is 191 g/mol. The van der Waals surface area contributed by atoms with E-state index in [1.165, 1.54) is 25.3 Å². The van der Waals surface area contributed by atoms with Gasteiger partial charge in [-0.05, 0) is 37.8 Å². The number of hydrogen-bond acceptors (Lipinski definition) is 2. The fourth-order valence-electron chi connectivity index (χ4n) is 1.93. The monoisotopic (exact) mass is 208 g/mol. The van der Waals surface area contributed by atoms with E-state index in [1.54, 1.807) is 6.07 Å². The molecule has 0 radical (unpaired) electrons. The predicted octanol–water partition coefficient (Wildman–Crippen LogP) is 2.44. The molecule has 1 aromatic carbocycles. The first kappa shape index (κ1) is 10.4. The second-order valence-electron chi connectivity index (χ2n) is 4.58. The molecule has 0 aromatic heterocycles. The lowest BCUT2D eigenvalue weighted by atomic mass is 9.78. The minimum Gasteiger partial charge on any atom is -0.396 e. The molecular formula is C12H17FN2. The first-order chi connectivity index (χ1) is 7.11. The highest BCUT2D eigenvalue weighted by Gasteiger charge is 2.30. The van der Waals surface area contributed by atoms with Crippen LogP contribution < -0.4 is 11.1 Å². The number of nitrogens with two attached hydrogens (primary N) is 1. The van der Waals surface area contributed by atoms with E-state index in [-0.39, 0.29) is 17.0 Å². The first-order valence-electron chi connectivity index (χ1n) is 5.39. The Morgan fingerprint density at radius 3 is 2.80 bits per heavy atom. The van der Waals surface area contributed by atoms with Crippen LogP contribution in [0.2, 0.25) is 0 Å². The molecule has 0 bridgehead atoms. The van der Waals surface area contributed by atoms with E-state index in [2.05, 4.69) is 12.2 Å². The number of benzene rings is 1. The number of nitrogen functional groups attached to an aromatic ring is 1. The van der Waals surface area contributed by atoms with Gasteiger partial charge in [0, 0.05) is 12.1 Å². The van der Waals surface area contributed by atoms with Crippen molar-refractivity contribution in [2.75, 3.05) is 5.73 Å². The van der Waals surface area contributed by atoms with Gasteiger partial charge in [0.2, 0.25) is 0 Å². The lowest BCUT2D eigenvalue weighted by Crippen LogP contribution is -2.47. The molecule has 0 amide bonds. The summed E-state index contributed by atoms with van der Waals surface area (Å²) in [5.41, 5.74) is 7.01. The Labute approximate surface area is 89.7 Å². The van der Waals surface area contributed by atoms with Crippen LogP contribution in [0.3, 0.4) is 0 Å². The Kier molecular flexibility index (Phi) is 2.65. The Morgan fingerprint density at radius 2 is 2.20 bits per heavy atom. The van der Waals surface area contributed by atoms with E-state index in [0.717, 1.165) is 5.56 Å². The number of hydrogen-bond donors (Lipinski definition) is 2. The van der Waals surface area contributed by atoms with E-state index >= 15 is 0 Å². The molecule has 1 fully saturated rings. The second-order valence-corrected chi connectivity index (χ2v) is 4.58. The van der Waals surface area contributed by atoms with Crippen molar-refractivity contribution in [1.82, 2.24) is 5.32 Å². The van der Waals surface area contributed by atoms with Gasteiger partial charge in [0.15, 0.2) is 0 Å². The van der Waals surface area contributed by atoms with Gasteiger partial charge in [0.25, 0.3) is 0 Å². The average molecular weight is 208 g/mol. The molecule has 0 unspecified atom stereocenters. The van der Waals surface area contributed by atoms with Gasteiger partial charge in [0.1, 0.15) is 5.82 Å². The van der Waals surface area contributed by atoms with Crippen molar-refractivity contribution < 1.29 is 4.39 Å². The van der Waals surface area contributed by atoms with Crippen molar-refractivity contribution in [3.05, 3.63) is 29.6 Å². The number of rotatable bonds is 3. The molecule has 1 aliphatic rings. The molecule has 0 saturated heterocycles. The van der Waals surface area contributed by atoms with Crippen LogP contribution in [0, 0.1) is 5.82 Å². The van der Waals surface area contributed by atoms with Crippen molar-refractivity contribution in [2.24, 2.45) is 0 Å². The molecule has 1 saturated carbocycles. The number of para-hydroxylation sites is 1. The summed E-state index contributed by atoms with van der Waals surface area (Å²) >= 11 is 0. The standard InChI is InChI=1S/C12H17FN2/c1-12(6-3-7-12)15-8-9-4-2-5-10(13)11(9)14/h2,4-5,15H,3,6-8,14H2,1H3. The SMILES string of the molecule is CC1(NCc2cccc(F)c2N)CCC1. The minimum atomic E-state index is -0.326. The van der Waals surface area contributed by atoms with Gasteiger partial charge >= 0.3 is 0 Å². The Morgan fingerprint density at radius 1 is 1.47 bits per heavy atom. The van der Waals surface area contributed by atoms with E-state index in [0.29, 0.717) is 6.54 Å². The summed E-state index contributed by atoms with van der Waals surface area (Å²) in [6.07, 6.45) is 3.67. The summed E-state index contributed by atoms with van der Waals surface area (Å²) in [7, 11) is 0. The molecule has 0 spiro atoms. The molecule has 2 rings (SSSR count). The summed E-state index contributed by atoms with van der Waals surface area (Å²) in [6.45, 7) is 2.85. The molecule has 0 heterocycles. The van der Waals surface area contributed by atoms with Crippen molar-refractivity contribution >= 4 is 5.69 Å². The maximum Gasteiger partial charge on any atom is 0.146 e. The van der Waals surface area contributed by atoms with Gasteiger partial charge in [-0.15, -0.1) is 0 Å². The van der Waals surface area contributed by atoms with Crippen LogP contribution >= 0.6 is 0 Å². The Hall–Kier alpha value is -1.09. The number of nitrogens with one attached hydrogen (secondary N) is 1. The molecule has 0 atom stereocenters. The van der Waals surface area contributed by atoms with Crippen LogP contribution in [0.15, 0.2) is 18.2 Å². The molecule has 2 nitrogen and oxygen atoms in total. The van der Waals surface area contributed by atoms with E-state index in [1.807, 2.05) is 6.07 Å². The van der Waals surface area contributed by atoms with Crippen LogP contribution in [-0.4, -0.2) is 5.54 Å².